The molecule has 138 valence electrons. The molecule has 0 saturated heterocycles. The van der Waals surface area contributed by atoms with Gasteiger partial charge < -0.3 is 10.6 Å². The van der Waals surface area contributed by atoms with Crippen LogP contribution in [-0.2, 0) is 16.6 Å². The fraction of sp³-hybridized carbons (Fsp3) is 0.533. The van der Waals surface area contributed by atoms with E-state index in [9.17, 15) is 8.42 Å². The van der Waals surface area contributed by atoms with Gasteiger partial charge >= 0.3 is 0 Å². The lowest BCUT2D eigenvalue weighted by atomic mass is 10.1. The molecule has 0 aliphatic rings. The Labute approximate surface area is 166 Å². The van der Waals surface area contributed by atoms with E-state index in [0.717, 1.165) is 11.8 Å². The minimum atomic E-state index is -3.27. The lowest BCUT2D eigenvalue weighted by Crippen LogP contribution is -2.53. The van der Waals surface area contributed by atoms with E-state index in [-0.39, 0.29) is 24.0 Å². The zero-order valence-electron chi connectivity index (χ0n) is 14.4. The quantitative estimate of drug-likeness (QED) is 0.313. The summed E-state index contributed by atoms with van der Waals surface area (Å²) in [5.41, 5.74) is 0.300. The van der Waals surface area contributed by atoms with Crippen molar-refractivity contribution >= 4 is 51.6 Å². The number of hydrogen-bond acceptors (Lipinski definition) is 3. The van der Waals surface area contributed by atoms with Crippen molar-refractivity contribution in [2.45, 2.75) is 32.9 Å². The molecule has 0 atom stereocenters. The molecule has 0 amide bonds. The third-order valence-corrected chi connectivity index (χ3v) is 4.16. The van der Waals surface area contributed by atoms with Gasteiger partial charge in [-0.2, -0.15) is 0 Å². The van der Waals surface area contributed by atoms with Crippen LogP contribution in [0.25, 0.3) is 0 Å². The molecule has 0 aliphatic heterocycles. The first kappa shape index (κ1) is 23.4. The summed E-state index contributed by atoms with van der Waals surface area (Å²) in [6, 6.07) is 7.53. The molecule has 0 aliphatic carbocycles. The van der Waals surface area contributed by atoms with Crippen molar-refractivity contribution in [3.05, 3.63) is 34.9 Å². The molecule has 0 spiro atoms. The lowest BCUT2D eigenvalue weighted by molar-refractivity contribution is 0.446. The summed E-state index contributed by atoms with van der Waals surface area (Å²) >= 11 is 6.12. The number of guanidine groups is 1. The van der Waals surface area contributed by atoms with Gasteiger partial charge in [-0.25, -0.2) is 18.1 Å². The number of benzene rings is 1. The summed E-state index contributed by atoms with van der Waals surface area (Å²) in [5, 5.41) is 6.94. The van der Waals surface area contributed by atoms with Gasteiger partial charge in [0.05, 0.1) is 12.8 Å². The molecule has 0 fully saturated rings. The first-order chi connectivity index (χ1) is 10.6. The van der Waals surface area contributed by atoms with Crippen molar-refractivity contribution in [3.63, 3.8) is 0 Å². The zero-order valence-corrected chi connectivity index (χ0v) is 18.3. The van der Waals surface area contributed by atoms with Gasteiger partial charge in [-0.15, -0.1) is 24.0 Å². The zero-order chi connectivity index (χ0) is 17.5. The van der Waals surface area contributed by atoms with Gasteiger partial charge in [-0.1, -0.05) is 29.8 Å². The average molecular weight is 489 g/mol. The molecule has 6 nitrogen and oxygen atoms in total. The Hall–Kier alpha value is -0.580. The van der Waals surface area contributed by atoms with E-state index >= 15 is 0 Å². The Kier molecular flexibility index (Phi) is 10.2. The van der Waals surface area contributed by atoms with Crippen LogP contribution in [0.5, 0.6) is 0 Å². The van der Waals surface area contributed by atoms with E-state index in [1.807, 2.05) is 31.2 Å². The van der Waals surface area contributed by atoms with E-state index in [4.69, 9.17) is 11.6 Å². The third kappa shape index (κ3) is 9.65. The summed E-state index contributed by atoms with van der Waals surface area (Å²) in [5.74, 6) is 0.607. The highest BCUT2D eigenvalue weighted by Crippen LogP contribution is 2.15. The normalized spacial score (nSPS) is 12.5. The molecular formula is C15H26ClIN4O2S. The maximum Gasteiger partial charge on any atom is 0.209 e. The van der Waals surface area contributed by atoms with Crippen LogP contribution in [0.15, 0.2) is 29.3 Å². The van der Waals surface area contributed by atoms with Gasteiger partial charge in [0.1, 0.15) is 0 Å². The van der Waals surface area contributed by atoms with Crippen LogP contribution in [0.4, 0.5) is 0 Å². The van der Waals surface area contributed by atoms with Crippen molar-refractivity contribution in [2.75, 3.05) is 19.3 Å². The molecule has 24 heavy (non-hydrogen) atoms. The summed E-state index contributed by atoms with van der Waals surface area (Å²) in [6.45, 7) is 7.11. The van der Waals surface area contributed by atoms with Crippen LogP contribution in [0.1, 0.15) is 26.3 Å². The fourth-order valence-corrected chi connectivity index (χ4v) is 3.25. The first-order valence-corrected chi connectivity index (χ1v) is 9.64. The molecule has 0 aromatic heterocycles. The summed E-state index contributed by atoms with van der Waals surface area (Å²) in [4.78, 5) is 4.48. The molecule has 0 radical (unpaired) electrons. The minimum absolute atomic E-state index is 0. The van der Waals surface area contributed by atoms with E-state index in [2.05, 4.69) is 20.3 Å². The smallest absolute Gasteiger partial charge is 0.209 e. The Morgan fingerprint density at radius 1 is 1.25 bits per heavy atom. The van der Waals surface area contributed by atoms with Crippen LogP contribution in [0.2, 0.25) is 5.02 Å². The van der Waals surface area contributed by atoms with Crippen molar-refractivity contribution in [2.24, 2.45) is 4.99 Å². The first-order valence-electron chi connectivity index (χ1n) is 7.37. The topological polar surface area (TPSA) is 82.6 Å². The largest absolute Gasteiger partial charge is 0.357 e. The SMILES string of the molecule is CCNC(=NCc1ccccc1Cl)NCC(C)(C)NS(C)(=O)=O.I. The molecule has 0 unspecified atom stereocenters. The van der Waals surface area contributed by atoms with Gasteiger partial charge in [0.2, 0.25) is 10.0 Å². The molecule has 0 saturated carbocycles. The van der Waals surface area contributed by atoms with Crippen molar-refractivity contribution in [1.29, 1.82) is 0 Å². The lowest BCUT2D eigenvalue weighted by Gasteiger charge is -2.26. The predicted molar refractivity (Wildman–Crippen MR) is 112 cm³/mol. The second-order valence-corrected chi connectivity index (χ2v) is 8.05. The minimum Gasteiger partial charge on any atom is -0.357 e. The van der Waals surface area contributed by atoms with Crippen molar-refractivity contribution in [1.82, 2.24) is 15.4 Å². The Morgan fingerprint density at radius 2 is 1.88 bits per heavy atom. The van der Waals surface area contributed by atoms with Gasteiger partial charge in [0, 0.05) is 23.7 Å². The number of nitrogens with zero attached hydrogens (tertiary/aromatic N) is 1. The van der Waals surface area contributed by atoms with E-state index in [1.165, 1.54) is 0 Å². The molecule has 1 aromatic rings. The second kappa shape index (κ2) is 10.4. The van der Waals surface area contributed by atoms with E-state index < -0.39 is 15.6 Å². The van der Waals surface area contributed by atoms with Crippen LogP contribution >= 0.6 is 35.6 Å². The molecule has 0 bridgehead atoms. The predicted octanol–water partition coefficient (Wildman–Crippen LogP) is 2.34. The highest BCUT2D eigenvalue weighted by Gasteiger charge is 2.22. The molecule has 9 heteroatoms. The van der Waals surface area contributed by atoms with E-state index in [0.29, 0.717) is 30.6 Å². The molecular weight excluding hydrogens is 463 g/mol. The van der Waals surface area contributed by atoms with E-state index in [1.54, 1.807) is 13.8 Å². The van der Waals surface area contributed by atoms with Gasteiger partial charge in [0.25, 0.3) is 0 Å². The van der Waals surface area contributed by atoms with Crippen LogP contribution in [-0.4, -0.2) is 39.3 Å². The summed E-state index contributed by atoms with van der Waals surface area (Å²) in [7, 11) is -3.27. The van der Waals surface area contributed by atoms with Crippen LogP contribution in [0.3, 0.4) is 0 Å². The van der Waals surface area contributed by atoms with Crippen molar-refractivity contribution in [3.8, 4) is 0 Å². The number of sulfonamides is 1. The Bertz CT molecular complexity index is 651. The van der Waals surface area contributed by atoms with Crippen LogP contribution < -0.4 is 15.4 Å². The van der Waals surface area contributed by atoms with Gasteiger partial charge in [0.15, 0.2) is 5.96 Å². The molecule has 1 aromatic carbocycles. The van der Waals surface area contributed by atoms with Crippen LogP contribution in [0, 0.1) is 0 Å². The molecule has 0 heterocycles. The van der Waals surface area contributed by atoms with Gasteiger partial charge in [-0.05, 0) is 32.4 Å². The van der Waals surface area contributed by atoms with Gasteiger partial charge in [-0.3, -0.25) is 0 Å². The number of rotatable bonds is 7. The number of nitrogens with one attached hydrogen (secondary N) is 3. The number of halogens is 2. The Morgan fingerprint density at radius 3 is 2.42 bits per heavy atom. The monoisotopic (exact) mass is 488 g/mol. The third-order valence-electron chi connectivity index (χ3n) is 2.87. The standard InChI is InChI=1S/C15H25ClN4O2S.HI/c1-5-17-14(18-10-12-8-6-7-9-13(12)16)19-11-15(2,3)20-23(4,21)22;/h6-9,20H,5,10-11H2,1-4H3,(H2,17,18,19);1H. The highest BCUT2D eigenvalue weighted by atomic mass is 127. The number of hydrogen-bond donors (Lipinski definition) is 3. The Balaban J connectivity index is 0.00000529. The highest BCUT2D eigenvalue weighted by molar-refractivity contribution is 14.0. The molecule has 3 N–H and O–H groups in total. The van der Waals surface area contributed by atoms with Crippen molar-refractivity contribution < 1.29 is 8.42 Å². The summed E-state index contributed by atoms with van der Waals surface area (Å²) < 4.78 is 25.3. The maximum atomic E-state index is 11.4. The second-order valence-electron chi connectivity index (χ2n) is 5.90. The fourth-order valence-electron chi connectivity index (χ4n) is 1.98. The average Bonchev–Trinajstić information content (AvgIpc) is 2.41. The maximum absolute atomic E-state index is 11.4. The molecule has 1 rings (SSSR count). The number of aliphatic imine (C=N–C) groups is 1. The summed E-state index contributed by atoms with van der Waals surface area (Å²) in [6.07, 6.45) is 1.14.